The van der Waals surface area contributed by atoms with Gasteiger partial charge in [0.15, 0.2) is 0 Å². The maximum atomic E-state index is 5.68. The SMILES string of the molecule is CC1OCCC1CN1CCNC(C)(C2CC2)C1. The monoisotopic (exact) mass is 238 g/mol. The standard InChI is InChI=1S/C14H26N2O/c1-11-12(5-8-17-11)9-16-7-6-15-14(2,10-16)13-3-4-13/h11-13,15H,3-10H2,1-2H3. The van der Waals surface area contributed by atoms with Crippen LogP contribution in [0.1, 0.15) is 33.1 Å². The van der Waals surface area contributed by atoms with Crippen molar-refractivity contribution in [3.8, 4) is 0 Å². The zero-order valence-corrected chi connectivity index (χ0v) is 11.2. The van der Waals surface area contributed by atoms with E-state index >= 15 is 0 Å². The van der Waals surface area contributed by atoms with Crippen LogP contribution in [0.3, 0.4) is 0 Å². The van der Waals surface area contributed by atoms with Gasteiger partial charge in [0.05, 0.1) is 6.10 Å². The molecular weight excluding hydrogens is 212 g/mol. The second-order valence-electron chi connectivity index (χ2n) is 6.48. The number of ether oxygens (including phenoxy) is 1. The fraction of sp³-hybridized carbons (Fsp3) is 1.00. The molecule has 2 heterocycles. The fourth-order valence-corrected chi connectivity index (χ4v) is 3.60. The van der Waals surface area contributed by atoms with E-state index in [4.69, 9.17) is 4.74 Å². The Morgan fingerprint density at radius 1 is 1.35 bits per heavy atom. The molecule has 17 heavy (non-hydrogen) atoms. The first-order valence-corrected chi connectivity index (χ1v) is 7.26. The summed E-state index contributed by atoms with van der Waals surface area (Å²) in [5.74, 6) is 1.69. The normalized spacial score (nSPS) is 44.1. The van der Waals surface area contributed by atoms with Gasteiger partial charge in [0, 0.05) is 38.3 Å². The summed E-state index contributed by atoms with van der Waals surface area (Å²) in [5.41, 5.74) is 0.390. The molecule has 1 aliphatic carbocycles. The van der Waals surface area contributed by atoms with Crippen molar-refractivity contribution >= 4 is 0 Å². The summed E-state index contributed by atoms with van der Waals surface area (Å²) in [4.78, 5) is 2.67. The van der Waals surface area contributed by atoms with Crippen LogP contribution in [0.5, 0.6) is 0 Å². The minimum atomic E-state index is 0.390. The molecule has 2 aliphatic heterocycles. The zero-order chi connectivity index (χ0) is 11.9. The summed E-state index contributed by atoms with van der Waals surface area (Å²) in [6.07, 6.45) is 4.59. The highest BCUT2D eigenvalue weighted by Gasteiger charge is 2.44. The number of hydrogen-bond acceptors (Lipinski definition) is 3. The Morgan fingerprint density at radius 2 is 2.18 bits per heavy atom. The molecule has 3 aliphatic rings. The van der Waals surface area contributed by atoms with Crippen molar-refractivity contribution in [2.24, 2.45) is 11.8 Å². The number of rotatable bonds is 3. The quantitative estimate of drug-likeness (QED) is 0.806. The first-order valence-electron chi connectivity index (χ1n) is 7.26. The Kier molecular flexibility index (Phi) is 3.18. The summed E-state index contributed by atoms with van der Waals surface area (Å²) in [6.45, 7) is 10.5. The van der Waals surface area contributed by atoms with E-state index in [1.807, 2.05) is 0 Å². The van der Waals surface area contributed by atoms with Gasteiger partial charge in [-0.2, -0.15) is 0 Å². The molecule has 0 bridgehead atoms. The topological polar surface area (TPSA) is 24.5 Å². The largest absolute Gasteiger partial charge is 0.378 e. The van der Waals surface area contributed by atoms with Gasteiger partial charge in [0.1, 0.15) is 0 Å². The van der Waals surface area contributed by atoms with Crippen molar-refractivity contribution in [2.75, 3.05) is 32.8 Å². The van der Waals surface area contributed by atoms with Gasteiger partial charge in [-0.3, -0.25) is 4.90 Å². The smallest absolute Gasteiger partial charge is 0.0588 e. The van der Waals surface area contributed by atoms with Crippen molar-refractivity contribution < 1.29 is 4.74 Å². The zero-order valence-electron chi connectivity index (χ0n) is 11.2. The highest BCUT2D eigenvalue weighted by atomic mass is 16.5. The van der Waals surface area contributed by atoms with E-state index in [-0.39, 0.29) is 0 Å². The molecule has 0 aromatic heterocycles. The van der Waals surface area contributed by atoms with Gasteiger partial charge in [-0.25, -0.2) is 0 Å². The number of piperazine rings is 1. The van der Waals surface area contributed by atoms with Crippen LogP contribution in [-0.4, -0.2) is 49.3 Å². The van der Waals surface area contributed by atoms with Crippen LogP contribution in [0, 0.1) is 11.8 Å². The molecule has 3 fully saturated rings. The summed E-state index contributed by atoms with van der Waals surface area (Å²) in [6, 6.07) is 0. The van der Waals surface area contributed by atoms with Gasteiger partial charge in [0.2, 0.25) is 0 Å². The fourth-order valence-electron chi connectivity index (χ4n) is 3.60. The van der Waals surface area contributed by atoms with Gasteiger partial charge in [-0.1, -0.05) is 0 Å². The Bertz CT molecular complexity index is 279. The van der Waals surface area contributed by atoms with E-state index in [1.54, 1.807) is 0 Å². The van der Waals surface area contributed by atoms with Crippen molar-refractivity contribution in [2.45, 2.75) is 44.8 Å². The van der Waals surface area contributed by atoms with E-state index in [2.05, 4.69) is 24.1 Å². The Morgan fingerprint density at radius 3 is 2.82 bits per heavy atom. The molecule has 0 spiro atoms. The lowest BCUT2D eigenvalue weighted by Crippen LogP contribution is -2.60. The average Bonchev–Trinajstić information content (AvgIpc) is 3.07. The average molecular weight is 238 g/mol. The first-order chi connectivity index (χ1) is 8.17. The third kappa shape index (κ3) is 2.51. The summed E-state index contributed by atoms with van der Waals surface area (Å²) >= 11 is 0. The molecule has 0 amide bonds. The Hall–Kier alpha value is -0.120. The van der Waals surface area contributed by atoms with Crippen LogP contribution in [0.15, 0.2) is 0 Å². The van der Waals surface area contributed by atoms with E-state index in [0.717, 1.165) is 25.0 Å². The molecule has 0 aromatic rings. The minimum Gasteiger partial charge on any atom is -0.378 e. The maximum absolute atomic E-state index is 5.68. The van der Waals surface area contributed by atoms with Gasteiger partial charge < -0.3 is 10.1 Å². The van der Waals surface area contributed by atoms with Gasteiger partial charge in [0.25, 0.3) is 0 Å². The summed E-state index contributed by atoms with van der Waals surface area (Å²) < 4.78 is 5.68. The molecule has 0 aromatic carbocycles. The number of nitrogens with one attached hydrogen (secondary N) is 1. The van der Waals surface area contributed by atoms with Crippen molar-refractivity contribution in [3.05, 3.63) is 0 Å². The summed E-state index contributed by atoms with van der Waals surface area (Å²) in [5, 5.41) is 3.75. The highest BCUT2D eigenvalue weighted by Crippen LogP contribution is 2.41. The third-order valence-electron chi connectivity index (χ3n) is 5.01. The van der Waals surface area contributed by atoms with E-state index in [9.17, 15) is 0 Å². The van der Waals surface area contributed by atoms with Gasteiger partial charge in [-0.05, 0) is 44.9 Å². The molecule has 3 unspecified atom stereocenters. The predicted molar refractivity (Wildman–Crippen MR) is 69.1 cm³/mol. The van der Waals surface area contributed by atoms with E-state index in [0.29, 0.717) is 11.6 Å². The highest BCUT2D eigenvalue weighted by molar-refractivity contribution is 5.02. The Labute approximate surface area is 105 Å². The molecular formula is C14H26N2O. The lowest BCUT2D eigenvalue weighted by atomic mass is 9.91. The summed E-state index contributed by atoms with van der Waals surface area (Å²) in [7, 11) is 0. The van der Waals surface area contributed by atoms with Crippen LogP contribution in [0.25, 0.3) is 0 Å². The maximum Gasteiger partial charge on any atom is 0.0588 e. The molecule has 3 rings (SSSR count). The lowest BCUT2D eigenvalue weighted by molar-refractivity contribution is 0.0717. The lowest BCUT2D eigenvalue weighted by Gasteiger charge is -2.43. The van der Waals surface area contributed by atoms with Crippen molar-refractivity contribution in [3.63, 3.8) is 0 Å². The molecule has 3 nitrogen and oxygen atoms in total. The predicted octanol–water partition coefficient (Wildman–Crippen LogP) is 1.49. The number of hydrogen-bond donors (Lipinski definition) is 1. The van der Waals surface area contributed by atoms with Crippen LogP contribution in [0.2, 0.25) is 0 Å². The van der Waals surface area contributed by atoms with Crippen LogP contribution in [0.4, 0.5) is 0 Å². The van der Waals surface area contributed by atoms with Crippen LogP contribution >= 0.6 is 0 Å². The molecule has 2 saturated heterocycles. The van der Waals surface area contributed by atoms with Gasteiger partial charge >= 0.3 is 0 Å². The molecule has 3 heteroatoms. The second-order valence-corrected chi connectivity index (χ2v) is 6.48. The van der Waals surface area contributed by atoms with Crippen LogP contribution in [-0.2, 0) is 4.74 Å². The number of nitrogens with zero attached hydrogens (tertiary/aromatic N) is 1. The molecule has 3 atom stereocenters. The third-order valence-corrected chi connectivity index (χ3v) is 5.01. The van der Waals surface area contributed by atoms with E-state index < -0.39 is 0 Å². The Balaban J connectivity index is 1.56. The van der Waals surface area contributed by atoms with Crippen molar-refractivity contribution in [1.29, 1.82) is 0 Å². The molecule has 0 radical (unpaired) electrons. The second kappa shape index (κ2) is 4.52. The first kappa shape index (κ1) is 11.9. The van der Waals surface area contributed by atoms with E-state index in [1.165, 1.54) is 38.9 Å². The van der Waals surface area contributed by atoms with Gasteiger partial charge in [-0.15, -0.1) is 0 Å². The van der Waals surface area contributed by atoms with Crippen LogP contribution < -0.4 is 5.32 Å². The van der Waals surface area contributed by atoms with Crippen molar-refractivity contribution in [1.82, 2.24) is 10.2 Å². The molecule has 1 N–H and O–H groups in total. The molecule has 98 valence electrons. The molecule has 1 saturated carbocycles. The minimum absolute atomic E-state index is 0.390.